The van der Waals surface area contributed by atoms with Crippen LogP contribution in [0.1, 0.15) is 5.56 Å². The Morgan fingerprint density at radius 2 is 2.00 bits per heavy atom. The Labute approximate surface area is 149 Å². The third-order valence-electron chi connectivity index (χ3n) is 4.00. The van der Waals surface area contributed by atoms with Crippen LogP contribution in [0.4, 0.5) is 5.95 Å². The number of benzene rings is 2. The van der Waals surface area contributed by atoms with Gasteiger partial charge in [0.05, 0.1) is 18.2 Å². The first-order chi connectivity index (χ1) is 12.7. The first kappa shape index (κ1) is 15.9. The van der Waals surface area contributed by atoms with Gasteiger partial charge < -0.3 is 9.47 Å². The third-order valence-corrected chi connectivity index (χ3v) is 4.00. The summed E-state index contributed by atoms with van der Waals surface area (Å²) in [5.41, 5.74) is 2.14. The van der Waals surface area contributed by atoms with E-state index in [-0.39, 0.29) is 18.5 Å². The van der Waals surface area contributed by atoms with Crippen molar-refractivity contribution >= 4 is 17.9 Å². The SMILES string of the molecule is COc1ccccc1-c1nc(NC(=O)C2=Cc3ccccc3OC2)n[nH]1. The predicted molar refractivity (Wildman–Crippen MR) is 96.9 cm³/mol. The van der Waals surface area contributed by atoms with Crippen molar-refractivity contribution in [2.24, 2.45) is 0 Å². The maximum atomic E-state index is 12.5. The first-order valence-electron chi connectivity index (χ1n) is 8.04. The number of ether oxygens (including phenoxy) is 2. The number of methoxy groups -OCH3 is 1. The molecule has 2 heterocycles. The number of anilines is 1. The van der Waals surface area contributed by atoms with Gasteiger partial charge in [0.2, 0.25) is 5.95 Å². The molecule has 0 saturated heterocycles. The van der Waals surface area contributed by atoms with Crippen LogP contribution < -0.4 is 14.8 Å². The van der Waals surface area contributed by atoms with E-state index in [0.717, 1.165) is 16.9 Å². The van der Waals surface area contributed by atoms with Crippen LogP contribution in [0.3, 0.4) is 0 Å². The van der Waals surface area contributed by atoms with Gasteiger partial charge in [-0.15, -0.1) is 5.10 Å². The normalized spacial score (nSPS) is 12.6. The lowest BCUT2D eigenvalue weighted by molar-refractivity contribution is -0.113. The van der Waals surface area contributed by atoms with Gasteiger partial charge in [-0.1, -0.05) is 30.3 Å². The van der Waals surface area contributed by atoms with Crippen LogP contribution in [0, 0.1) is 0 Å². The van der Waals surface area contributed by atoms with E-state index >= 15 is 0 Å². The van der Waals surface area contributed by atoms with Crippen molar-refractivity contribution in [2.45, 2.75) is 0 Å². The van der Waals surface area contributed by atoms with Crippen LogP contribution in [0.25, 0.3) is 17.5 Å². The van der Waals surface area contributed by atoms with Crippen molar-refractivity contribution in [3.63, 3.8) is 0 Å². The van der Waals surface area contributed by atoms with Gasteiger partial charge in [-0.2, -0.15) is 4.98 Å². The predicted octanol–water partition coefficient (Wildman–Crippen LogP) is 2.89. The summed E-state index contributed by atoms with van der Waals surface area (Å²) in [7, 11) is 1.59. The number of fused-ring (bicyclic) bond motifs is 1. The summed E-state index contributed by atoms with van der Waals surface area (Å²) in [4.78, 5) is 16.8. The minimum Gasteiger partial charge on any atom is -0.496 e. The maximum absolute atomic E-state index is 12.5. The van der Waals surface area contributed by atoms with Crippen LogP contribution in [-0.2, 0) is 4.79 Å². The number of amides is 1. The number of nitrogens with one attached hydrogen (secondary N) is 2. The largest absolute Gasteiger partial charge is 0.496 e. The fourth-order valence-electron chi connectivity index (χ4n) is 2.71. The summed E-state index contributed by atoms with van der Waals surface area (Å²) in [6, 6.07) is 15.0. The molecule has 0 bridgehead atoms. The molecule has 1 aliphatic heterocycles. The summed E-state index contributed by atoms with van der Waals surface area (Å²) in [5, 5.41) is 9.56. The molecule has 0 unspecified atom stereocenters. The van der Waals surface area contributed by atoms with Gasteiger partial charge in [0.25, 0.3) is 5.91 Å². The number of aromatic nitrogens is 3. The Hall–Kier alpha value is -3.61. The smallest absolute Gasteiger partial charge is 0.257 e. The molecule has 0 aliphatic carbocycles. The lowest BCUT2D eigenvalue weighted by Gasteiger charge is -2.16. The highest BCUT2D eigenvalue weighted by molar-refractivity contribution is 6.06. The van der Waals surface area contributed by atoms with Crippen molar-refractivity contribution in [3.8, 4) is 22.9 Å². The highest BCUT2D eigenvalue weighted by Gasteiger charge is 2.19. The summed E-state index contributed by atoms with van der Waals surface area (Å²) in [6.45, 7) is 0.201. The molecule has 2 aromatic carbocycles. The summed E-state index contributed by atoms with van der Waals surface area (Å²) < 4.78 is 10.9. The molecule has 1 aliphatic rings. The molecule has 0 radical (unpaired) electrons. The number of H-pyrrole nitrogens is 1. The topological polar surface area (TPSA) is 89.1 Å². The van der Waals surface area contributed by atoms with Gasteiger partial charge in [-0.3, -0.25) is 15.2 Å². The van der Waals surface area contributed by atoms with E-state index in [0.29, 0.717) is 17.1 Å². The lowest BCUT2D eigenvalue weighted by atomic mass is 10.1. The second kappa shape index (κ2) is 6.72. The molecule has 0 saturated carbocycles. The van der Waals surface area contributed by atoms with Crippen LogP contribution in [-0.4, -0.2) is 34.8 Å². The number of hydrogen-bond acceptors (Lipinski definition) is 5. The average molecular weight is 348 g/mol. The van der Waals surface area contributed by atoms with Gasteiger partial charge in [-0.25, -0.2) is 0 Å². The molecule has 2 N–H and O–H groups in total. The van der Waals surface area contributed by atoms with Crippen LogP contribution in [0.2, 0.25) is 0 Å². The molecule has 0 atom stereocenters. The number of carbonyl (C=O) groups excluding carboxylic acids is 1. The molecule has 7 heteroatoms. The van der Waals surface area contributed by atoms with Gasteiger partial charge >= 0.3 is 0 Å². The maximum Gasteiger partial charge on any atom is 0.257 e. The van der Waals surface area contributed by atoms with Gasteiger partial charge in [-0.05, 0) is 24.3 Å². The Kier molecular flexibility index (Phi) is 4.10. The zero-order valence-electron chi connectivity index (χ0n) is 14.0. The first-order valence-corrected chi connectivity index (χ1v) is 8.04. The van der Waals surface area contributed by atoms with Crippen molar-refractivity contribution in [1.29, 1.82) is 0 Å². The van der Waals surface area contributed by atoms with Crippen molar-refractivity contribution in [3.05, 3.63) is 59.7 Å². The molecular formula is C19H16N4O3. The minimum atomic E-state index is -0.301. The number of aromatic amines is 1. The average Bonchev–Trinajstić information content (AvgIpc) is 3.15. The zero-order chi connectivity index (χ0) is 17.9. The van der Waals surface area contributed by atoms with E-state index in [2.05, 4.69) is 20.5 Å². The molecule has 7 nitrogen and oxygen atoms in total. The Bertz CT molecular complexity index is 994. The summed E-state index contributed by atoms with van der Waals surface area (Å²) >= 11 is 0. The van der Waals surface area contributed by atoms with E-state index in [1.807, 2.05) is 54.6 Å². The van der Waals surface area contributed by atoms with Crippen LogP contribution in [0.5, 0.6) is 11.5 Å². The molecular weight excluding hydrogens is 332 g/mol. The molecule has 0 spiro atoms. The zero-order valence-corrected chi connectivity index (χ0v) is 14.0. The monoisotopic (exact) mass is 348 g/mol. The number of hydrogen-bond donors (Lipinski definition) is 2. The second-order valence-corrected chi connectivity index (χ2v) is 5.66. The number of nitrogens with zero attached hydrogens (tertiary/aromatic N) is 2. The van der Waals surface area contributed by atoms with E-state index in [9.17, 15) is 4.79 Å². The highest BCUT2D eigenvalue weighted by Crippen LogP contribution is 2.28. The van der Waals surface area contributed by atoms with Crippen molar-refractivity contribution < 1.29 is 14.3 Å². The van der Waals surface area contributed by atoms with Crippen LogP contribution >= 0.6 is 0 Å². The van der Waals surface area contributed by atoms with Crippen molar-refractivity contribution in [2.75, 3.05) is 19.0 Å². The van der Waals surface area contributed by atoms with Gasteiger partial charge in [0.1, 0.15) is 18.1 Å². The fourth-order valence-corrected chi connectivity index (χ4v) is 2.71. The number of rotatable bonds is 4. The molecule has 1 aromatic heterocycles. The second-order valence-electron chi connectivity index (χ2n) is 5.66. The van der Waals surface area contributed by atoms with Crippen molar-refractivity contribution in [1.82, 2.24) is 15.2 Å². The molecule has 130 valence electrons. The Balaban J connectivity index is 1.53. The standard InChI is InChI=1S/C19H16N4O3/c1-25-16-9-5-3-7-14(16)17-20-19(23-22-17)21-18(24)13-10-12-6-2-4-8-15(12)26-11-13/h2-10H,11H2,1H3,(H2,20,21,22,23,24). The molecule has 26 heavy (non-hydrogen) atoms. The minimum absolute atomic E-state index is 0.190. The quantitative estimate of drug-likeness (QED) is 0.757. The van der Waals surface area contributed by atoms with Crippen LogP contribution in [0.15, 0.2) is 54.1 Å². The van der Waals surface area contributed by atoms with Gasteiger partial charge in [0.15, 0.2) is 5.82 Å². The Morgan fingerprint density at radius 3 is 2.88 bits per heavy atom. The number of para-hydroxylation sites is 2. The van der Waals surface area contributed by atoms with E-state index in [1.165, 1.54) is 0 Å². The molecule has 1 amide bonds. The van der Waals surface area contributed by atoms with E-state index < -0.39 is 0 Å². The molecule has 0 fully saturated rings. The Morgan fingerprint density at radius 1 is 1.19 bits per heavy atom. The summed E-state index contributed by atoms with van der Waals surface area (Å²) in [6.07, 6.45) is 1.81. The lowest BCUT2D eigenvalue weighted by Crippen LogP contribution is -2.21. The highest BCUT2D eigenvalue weighted by atomic mass is 16.5. The summed E-state index contributed by atoms with van der Waals surface area (Å²) in [5.74, 6) is 1.83. The fraction of sp³-hybridized carbons (Fsp3) is 0.105. The van der Waals surface area contributed by atoms with E-state index in [4.69, 9.17) is 9.47 Å². The van der Waals surface area contributed by atoms with E-state index in [1.54, 1.807) is 7.11 Å². The van der Waals surface area contributed by atoms with Gasteiger partial charge in [0, 0.05) is 5.56 Å². The molecule has 3 aromatic rings. The molecule has 4 rings (SSSR count). The third kappa shape index (κ3) is 3.02. The number of carbonyl (C=O) groups is 1.